The van der Waals surface area contributed by atoms with Gasteiger partial charge in [-0.05, 0) is 80.2 Å². The first-order valence-electron chi connectivity index (χ1n) is 7.43. The molecule has 0 amide bonds. The Kier molecular flexibility index (Phi) is 5.44. The molecule has 1 unspecified atom stereocenters. The van der Waals surface area contributed by atoms with Crippen LogP contribution in [-0.4, -0.2) is 30.1 Å². The van der Waals surface area contributed by atoms with E-state index in [9.17, 15) is 4.39 Å². The Morgan fingerprint density at radius 3 is 2.75 bits per heavy atom. The number of rotatable bonds is 3. The summed E-state index contributed by atoms with van der Waals surface area (Å²) in [4.78, 5) is 2.54. The third-order valence-electron chi connectivity index (χ3n) is 4.12. The van der Waals surface area contributed by atoms with Crippen LogP contribution in [0.4, 0.5) is 10.1 Å². The van der Waals surface area contributed by atoms with Gasteiger partial charge in [0.1, 0.15) is 5.82 Å². The second-order valence-electron chi connectivity index (χ2n) is 5.98. The van der Waals surface area contributed by atoms with Gasteiger partial charge in [-0.25, -0.2) is 4.39 Å². The minimum absolute atomic E-state index is 0.195. The zero-order valence-electron chi connectivity index (χ0n) is 12.5. The summed E-state index contributed by atoms with van der Waals surface area (Å²) in [6.07, 6.45) is 3.54. The van der Waals surface area contributed by atoms with E-state index < -0.39 is 0 Å². The van der Waals surface area contributed by atoms with Crippen molar-refractivity contribution in [1.82, 2.24) is 4.90 Å². The van der Waals surface area contributed by atoms with Crippen molar-refractivity contribution in [1.29, 1.82) is 0 Å². The van der Waals surface area contributed by atoms with Gasteiger partial charge in [-0.1, -0.05) is 0 Å². The molecular formula is C16H24BrFN2. The molecule has 0 radical (unpaired) electrons. The fourth-order valence-electron chi connectivity index (χ4n) is 2.80. The van der Waals surface area contributed by atoms with Gasteiger partial charge < -0.3 is 10.2 Å². The lowest BCUT2D eigenvalue weighted by atomic mass is 10.1. The van der Waals surface area contributed by atoms with Crippen LogP contribution >= 0.6 is 15.9 Å². The minimum Gasteiger partial charge on any atom is -0.382 e. The zero-order valence-corrected chi connectivity index (χ0v) is 14.1. The topological polar surface area (TPSA) is 15.3 Å². The molecule has 2 rings (SSSR count). The van der Waals surface area contributed by atoms with Crippen LogP contribution in [0.2, 0.25) is 0 Å². The average molecular weight is 343 g/mol. The van der Waals surface area contributed by atoms with Gasteiger partial charge in [-0.15, -0.1) is 0 Å². The number of aryl methyl sites for hydroxylation is 1. The van der Waals surface area contributed by atoms with Crippen LogP contribution in [0.1, 0.15) is 38.7 Å². The molecule has 4 heteroatoms. The Bertz CT molecular complexity index is 462. The third-order valence-corrected chi connectivity index (χ3v) is 4.73. The summed E-state index contributed by atoms with van der Waals surface area (Å²) < 4.78 is 14.0. The molecule has 2 nitrogen and oxygen atoms in total. The van der Waals surface area contributed by atoms with Crippen molar-refractivity contribution in [2.75, 3.05) is 18.4 Å². The molecule has 0 spiro atoms. The Labute approximate surface area is 129 Å². The molecule has 0 aliphatic carbocycles. The van der Waals surface area contributed by atoms with E-state index in [4.69, 9.17) is 0 Å². The maximum Gasteiger partial charge on any atom is 0.137 e. The van der Waals surface area contributed by atoms with E-state index in [1.54, 1.807) is 6.07 Å². The standard InChI is InChI=1S/C16H24BrFN2/c1-11(2)20-7-4-5-13(6-8-20)19-16-10-14(17)15(18)9-12(16)3/h9-11,13,19H,4-8H2,1-3H3. The second kappa shape index (κ2) is 6.90. The van der Waals surface area contributed by atoms with Crippen LogP contribution < -0.4 is 5.32 Å². The first-order valence-corrected chi connectivity index (χ1v) is 8.23. The lowest BCUT2D eigenvalue weighted by Gasteiger charge is -2.24. The monoisotopic (exact) mass is 342 g/mol. The van der Waals surface area contributed by atoms with Crippen LogP contribution in [0.5, 0.6) is 0 Å². The summed E-state index contributed by atoms with van der Waals surface area (Å²) in [6, 6.07) is 4.55. The molecule has 1 saturated heterocycles. The van der Waals surface area contributed by atoms with Crippen LogP contribution in [0, 0.1) is 12.7 Å². The minimum atomic E-state index is -0.195. The first kappa shape index (κ1) is 15.8. The third kappa shape index (κ3) is 3.95. The number of nitrogens with zero attached hydrogens (tertiary/aromatic N) is 1. The summed E-state index contributed by atoms with van der Waals surface area (Å²) in [6.45, 7) is 8.79. The van der Waals surface area contributed by atoms with Crippen molar-refractivity contribution in [3.8, 4) is 0 Å². The number of halogens is 2. The molecule has 1 aliphatic rings. The van der Waals surface area contributed by atoms with Gasteiger partial charge in [0.15, 0.2) is 0 Å². The van der Waals surface area contributed by atoms with Crippen LogP contribution in [-0.2, 0) is 0 Å². The Morgan fingerprint density at radius 2 is 2.05 bits per heavy atom. The first-order chi connectivity index (χ1) is 9.47. The lowest BCUT2D eigenvalue weighted by Crippen LogP contribution is -2.32. The zero-order chi connectivity index (χ0) is 14.7. The summed E-state index contributed by atoms with van der Waals surface area (Å²) in [5.41, 5.74) is 2.01. The summed E-state index contributed by atoms with van der Waals surface area (Å²) in [7, 11) is 0. The predicted octanol–water partition coefficient (Wildman–Crippen LogP) is 4.57. The molecule has 0 saturated carbocycles. The van der Waals surface area contributed by atoms with Crippen molar-refractivity contribution in [2.24, 2.45) is 0 Å². The van der Waals surface area contributed by atoms with Crippen molar-refractivity contribution in [2.45, 2.75) is 52.1 Å². The van der Waals surface area contributed by atoms with E-state index in [1.807, 2.05) is 13.0 Å². The molecule has 1 atom stereocenters. The molecule has 0 aromatic heterocycles. The largest absolute Gasteiger partial charge is 0.382 e. The molecule has 1 fully saturated rings. The summed E-state index contributed by atoms with van der Waals surface area (Å²) >= 11 is 3.27. The van der Waals surface area contributed by atoms with Gasteiger partial charge in [-0.2, -0.15) is 0 Å². The molecular weight excluding hydrogens is 319 g/mol. The summed E-state index contributed by atoms with van der Waals surface area (Å²) in [5, 5.41) is 3.59. The van der Waals surface area contributed by atoms with E-state index in [1.165, 1.54) is 19.4 Å². The molecule has 20 heavy (non-hydrogen) atoms. The Hall–Kier alpha value is -0.610. The van der Waals surface area contributed by atoms with Gasteiger partial charge in [0.25, 0.3) is 0 Å². The highest BCUT2D eigenvalue weighted by atomic mass is 79.9. The number of hydrogen-bond donors (Lipinski definition) is 1. The number of nitrogens with one attached hydrogen (secondary N) is 1. The number of anilines is 1. The maximum atomic E-state index is 13.5. The highest BCUT2D eigenvalue weighted by molar-refractivity contribution is 9.10. The molecule has 0 bridgehead atoms. The van der Waals surface area contributed by atoms with Gasteiger partial charge in [0, 0.05) is 24.3 Å². The Morgan fingerprint density at radius 1 is 1.30 bits per heavy atom. The van der Waals surface area contributed by atoms with Crippen LogP contribution in [0.15, 0.2) is 16.6 Å². The molecule has 112 valence electrons. The molecule has 1 N–H and O–H groups in total. The van der Waals surface area contributed by atoms with E-state index in [-0.39, 0.29) is 5.82 Å². The molecule has 1 aromatic carbocycles. The lowest BCUT2D eigenvalue weighted by molar-refractivity contribution is 0.230. The van der Waals surface area contributed by atoms with Gasteiger partial charge in [-0.3, -0.25) is 0 Å². The fourth-order valence-corrected chi connectivity index (χ4v) is 3.14. The smallest absolute Gasteiger partial charge is 0.137 e. The summed E-state index contributed by atoms with van der Waals surface area (Å²) in [5.74, 6) is -0.195. The van der Waals surface area contributed by atoms with Gasteiger partial charge in [0.05, 0.1) is 4.47 Å². The van der Waals surface area contributed by atoms with Gasteiger partial charge >= 0.3 is 0 Å². The SMILES string of the molecule is Cc1cc(F)c(Br)cc1NC1CCCN(C(C)C)CC1. The predicted molar refractivity (Wildman–Crippen MR) is 86.8 cm³/mol. The second-order valence-corrected chi connectivity index (χ2v) is 6.84. The van der Waals surface area contributed by atoms with Crippen molar-refractivity contribution in [3.63, 3.8) is 0 Å². The van der Waals surface area contributed by atoms with E-state index in [2.05, 4.69) is 40.0 Å². The maximum absolute atomic E-state index is 13.5. The quantitative estimate of drug-likeness (QED) is 0.865. The number of hydrogen-bond acceptors (Lipinski definition) is 2. The average Bonchev–Trinajstić information content (AvgIpc) is 2.61. The normalized spacial score (nSPS) is 21.0. The Balaban J connectivity index is 2.02. The van der Waals surface area contributed by atoms with Crippen LogP contribution in [0.3, 0.4) is 0 Å². The number of benzene rings is 1. The highest BCUT2D eigenvalue weighted by Gasteiger charge is 2.19. The van der Waals surface area contributed by atoms with Crippen molar-refractivity contribution < 1.29 is 4.39 Å². The molecule has 1 aromatic rings. The number of likely N-dealkylation sites (tertiary alicyclic amines) is 1. The van der Waals surface area contributed by atoms with E-state index >= 15 is 0 Å². The van der Waals surface area contributed by atoms with Crippen LogP contribution in [0.25, 0.3) is 0 Å². The fraction of sp³-hybridized carbons (Fsp3) is 0.625. The van der Waals surface area contributed by atoms with Crippen molar-refractivity contribution in [3.05, 3.63) is 28.0 Å². The van der Waals surface area contributed by atoms with E-state index in [0.717, 1.165) is 24.2 Å². The molecule has 1 aliphatic heterocycles. The van der Waals surface area contributed by atoms with E-state index in [0.29, 0.717) is 16.6 Å². The van der Waals surface area contributed by atoms with Gasteiger partial charge in [0.2, 0.25) is 0 Å². The van der Waals surface area contributed by atoms with Crippen molar-refractivity contribution >= 4 is 21.6 Å². The molecule has 1 heterocycles. The highest BCUT2D eigenvalue weighted by Crippen LogP contribution is 2.26.